The predicted octanol–water partition coefficient (Wildman–Crippen LogP) is 4.55. The molecule has 0 N–H and O–H groups in total. The van der Waals surface area contributed by atoms with E-state index < -0.39 is 11.9 Å². The summed E-state index contributed by atoms with van der Waals surface area (Å²) in [5, 5.41) is 3.93. The van der Waals surface area contributed by atoms with Crippen LogP contribution in [0.1, 0.15) is 35.9 Å². The summed E-state index contributed by atoms with van der Waals surface area (Å²) < 4.78 is 54.1. The van der Waals surface area contributed by atoms with Crippen LogP contribution in [0.25, 0.3) is 11.4 Å². The Morgan fingerprint density at radius 2 is 1.75 bits per heavy atom. The second-order valence-electron chi connectivity index (χ2n) is 7.66. The average molecular weight is 448 g/mol. The van der Waals surface area contributed by atoms with Crippen LogP contribution in [-0.4, -0.2) is 47.3 Å². The Morgan fingerprint density at radius 3 is 2.31 bits per heavy atom. The molecule has 2 aromatic heterocycles. The Labute approximate surface area is 183 Å². The molecule has 0 aliphatic carbocycles. The molecule has 1 aliphatic rings. The van der Waals surface area contributed by atoms with Gasteiger partial charge in [0.1, 0.15) is 17.2 Å². The first-order valence-corrected chi connectivity index (χ1v) is 10.2. The van der Waals surface area contributed by atoms with E-state index in [1.807, 2.05) is 18.2 Å². The molecule has 4 rings (SSSR count). The number of alkyl halides is 3. The third kappa shape index (κ3) is 5.01. The van der Waals surface area contributed by atoms with Gasteiger partial charge in [-0.05, 0) is 55.8 Å². The van der Waals surface area contributed by atoms with Gasteiger partial charge in [-0.3, -0.25) is 9.88 Å². The third-order valence-electron chi connectivity index (χ3n) is 5.51. The van der Waals surface area contributed by atoms with E-state index in [1.165, 1.54) is 6.07 Å². The van der Waals surface area contributed by atoms with Crippen molar-refractivity contribution in [3.63, 3.8) is 0 Å². The van der Waals surface area contributed by atoms with Gasteiger partial charge in [-0.1, -0.05) is 5.16 Å². The highest BCUT2D eigenvalue weighted by molar-refractivity contribution is 5.52. The van der Waals surface area contributed by atoms with Gasteiger partial charge in [-0.25, -0.2) is 0 Å². The lowest BCUT2D eigenvalue weighted by Gasteiger charge is -2.30. The summed E-state index contributed by atoms with van der Waals surface area (Å²) in [4.78, 5) is 10.2. The highest BCUT2D eigenvalue weighted by Crippen LogP contribution is 2.31. The predicted molar refractivity (Wildman–Crippen MR) is 109 cm³/mol. The summed E-state index contributed by atoms with van der Waals surface area (Å²) in [6.07, 6.45) is -1.69. The largest absolute Gasteiger partial charge is 0.497 e. The quantitative estimate of drug-likeness (QED) is 0.548. The van der Waals surface area contributed by atoms with E-state index in [0.29, 0.717) is 11.5 Å². The molecule has 1 saturated heterocycles. The van der Waals surface area contributed by atoms with Crippen molar-refractivity contribution >= 4 is 0 Å². The number of hydrogen-bond donors (Lipinski definition) is 0. The zero-order chi connectivity index (χ0) is 22.7. The number of piperidine rings is 1. The molecule has 3 heterocycles. The smallest absolute Gasteiger partial charge is 0.433 e. The second kappa shape index (κ2) is 9.15. The number of pyridine rings is 1. The van der Waals surface area contributed by atoms with E-state index in [-0.39, 0.29) is 11.7 Å². The topological polar surface area (TPSA) is 73.5 Å². The first kappa shape index (κ1) is 22.1. The van der Waals surface area contributed by atoms with Crippen LogP contribution in [0.4, 0.5) is 13.2 Å². The summed E-state index contributed by atoms with van der Waals surface area (Å²) in [5.74, 6) is 2.36. The molecule has 0 amide bonds. The molecule has 7 nitrogen and oxygen atoms in total. The Kier molecular flexibility index (Phi) is 6.31. The SMILES string of the molecule is COc1cc(CN2CCC(c3nc(-c4ccc(C(F)(F)F)nc4)no3)CC2)cc(OC)c1. The minimum Gasteiger partial charge on any atom is -0.497 e. The Morgan fingerprint density at radius 1 is 1.06 bits per heavy atom. The van der Waals surface area contributed by atoms with Crippen LogP contribution < -0.4 is 9.47 Å². The van der Waals surface area contributed by atoms with Crippen LogP contribution in [0.5, 0.6) is 11.5 Å². The van der Waals surface area contributed by atoms with Crippen molar-refractivity contribution in [3.05, 3.63) is 53.7 Å². The fourth-order valence-corrected chi connectivity index (χ4v) is 3.77. The third-order valence-corrected chi connectivity index (χ3v) is 5.51. The van der Waals surface area contributed by atoms with Crippen molar-refractivity contribution in [3.8, 4) is 22.9 Å². The minimum absolute atomic E-state index is 0.106. The lowest BCUT2D eigenvalue weighted by molar-refractivity contribution is -0.141. The van der Waals surface area contributed by atoms with Gasteiger partial charge >= 0.3 is 6.18 Å². The average Bonchev–Trinajstić information content (AvgIpc) is 3.29. The van der Waals surface area contributed by atoms with Crippen molar-refractivity contribution in [2.24, 2.45) is 0 Å². The van der Waals surface area contributed by atoms with Gasteiger partial charge in [0.2, 0.25) is 11.7 Å². The van der Waals surface area contributed by atoms with E-state index in [9.17, 15) is 13.2 Å². The highest BCUT2D eigenvalue weighted by Gasteiger charge is 2.32. The number of aromatic nitrogens is 3. The monoisotopic (exact) mass is 448 g/mol. The normalized spacial score (nSPS) is 15.7. The molecule has 0 atom stereocenters. The summed E-state index contributed by atoms with van der Waals surface area (Å²) >= 11 is 0. The van der Waals surface area contributed by atoms with Crippen LogP contribution in [0.15, 0.2) is 41.1 Å². The molecule has 0 bridgehead atoms. The van der Waals surface area contributed by atoms with E-state index in [0.717, 1.165) is 61.8 Å². The van der Waals surface area contributed by atoms with Crippen LogP contribution in [-0.2, 0) is 12.7 Å². The van der Waals surface area contributed by atoms with Crippen molar-refractivity contribution < 1.29 is 27.2 Å². The minimum atomic E-state index is -4.48. The van der Waals surface area contributed by atoms with Crippen molar-refractivity contribution in [2.45, 2.75) is 31.5 Å². The first-order valence-electron chi connectivity index (χ1n) is 10.2. The number of benzene rings is 1. The number of halogens is 3. The maximum atomic E-state index is 12.7. The molecule has 0 spiro atoms. The number of nitrogens with zero attached hydrogens (tertiary/aromatic N) is 4. The van der Waals surface area contributed by atoms with E-state index in [1.54, 1.807) is 14.2 Å². The zero-order valence-electron chi connectivity index (χ0n) is 17.7. The van der Waals surface area contributed by atoms with Crippen LogP contribution in [0.2, 0.25) is 0 Å². The van der Waals surface area contributed by atoms with E-state index in [4.69, 9.17) is 14.0 Å². The van der Waals surface area contributed by atoms with Gasteiger partial charge in [0.15, 0.2) is 0 Å². The molecule has 0 saturated carbocycles. The summed E-state index contributed by atoms with van der Waals surface area (Å²) in [5.41, 5.74) is 0.540. The standard InChI is InChI=1S/C22H23F3N4O3/c1-30-17-9-14(10-18(11-17)31-2)13-29-7-5-15(6-8-29)21-27-20(28-32-21)16-3-4-19(26-12-16)22(23,24)25/h3-4,9-12,15H,5-8,13H2,1-2H3. The van der Waals surface area contributed by atoms with Crippen LogP contribution in [0.3, 0.4) is 0 Å². The highest BCUT2D eigenvalue weighted by atomic mass is 19.4. The van der Waals surface area contributed by atoms with Gasteiger partial charge < -0.3 is 14.0 Å². The summed E-state index contributed by atoms with van der Waals surface area (Å²) in [6, 6.07) is 8.05. The summed E-state index contributed by atoms with van der Waals surface area (Å²) in [6.45, 7) is 2.47. The number of hydrogen-bond acceptors (Lipinski definition) is 7. The molecule has 1 aliphatic heterocycles. The second-order valence-corrected chi connectivity index (χ2v) is 7.66. The van der Waals surface area contributed by atoms with Gasteiger partial charge in [-0.2, -0.15) is 18.2 Å². The van der Waals surface area contributed by atoms with E-state index >= 15 is 0 Å². The Hall–Kier alpha value is -3.14. The number of ether oxygens (including phenoxy) is 2. The van der Waals surface area contributed by atoms with Gasteiger partial charge in [0.25, 0.3) is 0 Å². The molecule has 1 aromatic carbocycles. The number of methoxy groups -OCH3 is 2. The van der Waals surface area contributed by atoms with Gasteiger partial charge in [0, 0.05) is 30.3 Å². The molecular formula is C22H23F3N4O3. The van der Waals surface area contributed by atoms with Gasteiger partial charge in [-0.15, -0.1) is 0 Å². The maximum Gasteiger partial charge on any atom is 0.433 e. The maximum absolute atomic E-state index is 12.7. The Balaban J connectivity index is 1.37. The first-order chi connectivity index (χ1) is 15.4. The molecule has 10 heteroatoms. The van der Waals surface area contributed by atoms with Crippen LogP contribution in [0, 0.1) is 0 Å². The van der Waals surface area contributed by atoms with E-state index in [2.05, 4.69) is 20.0 Å². The molecule has 0 unspecified atom stereocenters. The molecule has 3 aromatic rings. The number of rotatable bonds is 6. The molecule has 0 radical (unpaired) electrons. The molecule has 170 valence electrons. The lowest BCUT2D eigenvalue weighted by Crippen LogP contribution is -2.32. The van der Waals surface area contributed by atoms with Crippen molar-refractivity contribution in [2.75, 3.05) is 27.3 Å². The fourth-order valence-electron chi connectivity index (χ4n) is 3.77. The van der Waals surface area contributed by atoms with Crippen LogP contribution >= 0.6 is 0 Å². The summed E-state index contributed by atoms with van der Waals surface area (Å²) in [7, 11) is 3.26. The molecule has 1 fully saturated rings. The zero-order valence-corrected chi connectivity index (χ0v) is 17.7. The lowest BCUT2D eigenvalue weighted by atomic mass is 9.96. The molecular weight excluding hydrogens is 425 g/mol. The van der Waals surface area contributed by atoms with Crippen molar-refractivity contribution in [1.82, 2.24) is 20.0 Å². The Bertz CT molecular complexity index is 1020. The molecule has 32 heavy (non-hydrogen) atoms. The number of likely N-dealkylation sites (tertiary alicyclic amines) is 1. The van der Waals surface area contributed by atoms with Gasteiger partial charge in [0.05, 0.1) is 14.2 Å². The fraction of sp³-hybridized carbons (Fsp3) is 0.409. The van der Waals surface area contributed by atoms with Crippen molar-refractivity contribution in [1.29, 1.82) is 0 Å².